The highest BCUT2D eigenvalue weighted by Gasteiger charge is 2.34. The van der Waals surface area contributed by atoms with Crippen molar-refractivity contribution in [3.8, 4) is 0 Å². The van der Waals surface area contributed by atoms with Crippen molar-refractivity contribution in [3.63, 3.8) is 0 Å². The van der Waals surface area contributed by atoms with E-state index in [1.165, 1.54) is 62.9 Å². The lowest BCUT2D eigenvalue weighted by Gasteiger charge is -2.37. The molecule has 0 bridgehead atoms. The van der Waals surface area contributed by atoms with Crippen molar-refractivity contribution in [2.45, 2.75) is 70.0 Å². The van der Waals surface area contributed by atoms with Crippen molar-refractivity contribution in [1.82, 2.24) is 9.47 Å². The van der Waals surface area contributed by atoms with Crippen molar-refractivity contribution in [3.05, 3.63) is 23.0 Å². The zero-order valence-electron chi connectivity index (χ0n) is 12.6. The van der Waals surface area contributed by atoms with Gasteiger partial charge in [-0.25, -0.2) is 0 Å². The van der Waals surface area contributed by atoms with Crippen LogP contribution in [0.1, 0.15) is 67.6 Å². The molecule has 3 heterocycles. The number of piperidine rings is 1. The van der Waals surface area contributed by atoms with Gasteiger partial charge >= 0.3 is 0 Å². The van der Waals surface area contributed by atoms with Gasteiger partial charge in [0.25, 0.3) is 0 Å². The molecule has 2 saturated heterocycles. The molecule has 3 nitrogen and oxygen atoms in total. The van der Waals surface area contributed by atoms with Crippen LogP contribution in [-0.4, -0.2) is 28.6 Å². The molecule has 110 valence electrons. The average Bonchev–Trinajstić information content (AvgIpc) is 3.02. The Balaban J connectivity index is 1.65. The highest BCUT2D eigenvalue weighted by atomic mass is 15.2. The van der Waals surface area contributed by atoms with Crippen LogP contribution in [-0.2, 0) is 6.42 Å². The summed E-state index contributed by atoms with van der Waals surface area (Å²) in [5.74, 6) is 0. The van der Waals surface area contributed by atoms with Crippen molar-refractivity contribution in [2.24, 2.45) is 5.73 Å². The number of fused-ring (bicyclic) bond motifs is 2. The standard InChI is InChI=1S/C17H27N3/c1-12-10-15-16(18)5-2-6-17(15)20(12)14-7-9-19-8-3-4-13(19)11-14/h10,13-14,16H,2-9,11,18H2,1H3. The molecule has 1 aromatic rings. The molecular weight excluding hydrogens is 246 g/mol. The summed E-state index contributed by atoms with van der Waals surface area (Å²) in [5, 5.41) is 0. The molecule has 3 atom stereocenters. The van der Waals surface area contributed by atoms with Gasteiger partial charge in [0.2, 0.25) is 0 Å². The molecule has 0 amide bonds. The molecule has 0 aromatic carbocycles. The van der Waals surface area contributed by atoms with Crippen molar-refractivity contribution in [2.75, 3.05) is 13.1 Å². The second kappa shape index (κ2) is 4.88. The minimum Gasteiger partial charge on any atom is -0.345 e. The third kappa shape index (κ3) is 1.94. The first-order chi connectivity index (χ1) is 9.74. The molecule has 4 rings (SSSR count). The van der Waals surface area contributed by atoms with Gasteiger partial charge in [0.1, 0.15) is 0 Å². The van der Waals surface area contributed by atoms with Gasteiger partial charge < -0.3 is 15.2 Å². The highest BCUT2D eigenvalue weighted by Crippen LogP contribution is 2.38. The number of hydrogen-bond acceptors (Lipinski definition) is 2. The monoisotopic (exact) mass is 273 g/mol. The second-order valence-electron chi connectivity index (χ2n) is 7.07. The van der Waals surface area contributed by atoms with Crippen LogP contribution in [0.5, 0.6) is 0 Å². The Hall–Kier alpha value is -0.800. The number of aryl methyl sites for hydroxylation is 1. The van der Waals surface area contributed by atoms with Crippen molar-refractivity contribution < 1.29 is 0 Å². The summed E-state index contributed by atoms with van der Waals surface area (Å²) in [6.07, 6.45) is 9.17. The molecule has 1 aromatic heterocycles. The molecule has 2 aliphatic heterocycles. The molecule has 3 unspecified atom stereocenters. The molecule has 20 heavy (non-hydrogen) atoms. The summed E-state index contributed by atoms with van der Waals surface area (Å²) in [6, 6.07) is 4.23. The predicted octanol–water partition coefficient (Wildman–Crippen LogP) is 2.93. The maximum absolute atomic E-state index is 6.32. The third-order valence-corrected chi connectivity index (χ3v) is 5.85. The number of hydrogen-bond donors (Lipinski definition) is 1. The smallest absolute Gasteiger partial charge is 0.0363 e. The van der Waals surface area contributed by atoms with Crippen LogP contribution in [0.2, 0.25) is 0 Å². The van der Waals surface area contributed by atoms with E-state index in [1.54, 1.807) is 5.69 Å². The van der Waals surface area contributed by atoms with Crippen LogP contribution in [0, 0.1) is 6.92 Å². The zero-order valence-corrected chi connectivity index (χ0v) is 12.6. The van der Waals surface area contributed by atoms with E-state index in [4.69, 9.17) is 5.73 Å². The molecule has 2 fully saturated rings. The van der Waals surface area contributed by atoms with E-state index in [-0.39, 0.29) is 6.04 Å². The third-order valence-electron chi connectivity index (χ3n) is 5.85. The summed E-state index contributed by atoms with van der Waals surface area (Å²) >= 11 is 0. The molecule has 0 radical (unpaired) electrons. The number of nitrogens with two attached hydrogens (primary N) is 1. The summed E-state index contributed by atoms with van der Waals surface area (Å²) in [5.41, 5.74) is 10.8. The fourth-order valence-electron chi connectivity index (χ4n) is 4.91. The lowest BCUT2D eigenvalue weighted by molar-refractivity contribution is 0.153. The molecule has 0 saturated carbocycles. The number of nitrogens with zero attached hydrogens (tertiary/aromatic N) is 2. The summed E-state index contributed by atoms with van der Waals surface area (Å²) in [7, 11) is 0. The molecule has 0 spiro atoms. The second-order valence-corrected chi connectivity index (χ2v) is 7.07. The van der Waals surface area contributed by atoms with Gasteiger partial charge in [0.15, 0.2) is 0 Å². The van der Waals surface area contributed by atoms with E-state index in [1.807, 2.05) is 0 Å². The van der Waals surface area contributed by atoms with Crippen LogP contribution in [0.3, 0.4) is 0 Å². The van der Waals surface area contributed by atoms with Crippen LogP contribution in [0.4, 0.5) is 0 Å². The van der Waals surface area contributed by atoms with E-state index in [0.717, 1.165) is 18.5 Å². The van der Waals surface area contributed by atoms with Crippen molar-refractivity contribution >= 4 is 0 Å². The molecule has 3 aliphatic rings. The first-order valence-corrected chi connectivity index (χ1v) is 8.44. The molecule has 1 aliphatic carbocycles. The van der Waals surface area contributed by atoms with Gasteiger partial charge in [0.05, 0.1) is 0 Å². The maximum atomic E-state index is 6.32. The maximum Gasteiger partial charge on any atom is 0.0363 e. The Bertz CT molecular complexity index is 505. The van der Waals surface area contributed by atoms with E-state index in [9.17, 15) is 0 Å². The Morgan fingerprint density at radius 1 is 1.10 bits per heavy atom. The summed E-state index contributed by atoms with van der Waals surface area (Å²) in [6.45, 7) is 4.92. The summed E-state index contributed by atoms with van der Waals surface area (Å²) in [4.78, 5) is 2.72. The Morgan fingerprint density at radius 2 is 2.00 bits per heavy atom. The first kappa shape index (κ1) is 12.9. The van der Waals surface area contributed by atoms with E-state index in [0.29, 0.717) is 0 Å². The quantitative estimate of drug-likeness (QED) is 0.853. The fourth-order valence-corrected chi connectivity index (χ4v) is 4.91. The lowest BCUT2D eigenvalue weighted by atomic mass is 9.92. The fraction of sp³-hybridized carbons (Fsp3) is 0.765. The highest BCUT2D eigenvalue weighted by molar-refractivity contribution is 5.33. The topological polar surface area (TPSA) is 34.2 Å². The minimum absolute atomic E-state index is 0.283. The van der Waals surface area contributed by atoms with E-state index >= 15 is 0 Å². The largest absolute Gasteiger partial charge is 0.345 e. The average molecular weight is 273 g/mol. The lowest BCUT2D eigenvalue weighted by Crippen LogP contribution is -2.39. The van der Waals surface area contributed by atoms with Gasteiger partial charge in [-0.05, 0) is 70.0 Å². The number of aromatic nitrogens is 1. The first-order valence-electron chi connectivity index (χ1n) is 8.44. The minimum atomic E-state index is 0.283. The van der Waals surface area contributed by atoms with Gasteiger partial charge in [-0.1, -0.05) is 0 Å². The molecular formula is C17H27N3. The number of rotatable bonds is 1. The Morgan fingerprint density at radius 3 is 2.90 bits per heavy atom. The summed E-state index contributed by atoms with van der Waals surface area (Å²) < 4.78 is 2.67. The van der Waals surface area contributed by atoms with E-state index < -0.39 is 0 Å². The Kier molecular flexibility index (Phi) is 3.15. The van der Waals surface area contributed by atoms with Gasteiger partial charge in [-0.15, -0.1) is 0 Å². The Labute approximate surface area is 122 Å². The molecule has 3 heteroatoms. The SMILES string of the molecule is Cc1cc2c(n1C1CCN3CCCC3C1)CCCC2N. The normalized spacial score (nSPS) is 34.0. The predicted molar refractivity (Wildman–Crippen MR) is 81.9 cm³/mol. The van der Waals surface area contributed by atoms with Crippen LogP contribution >= 0.6 is 0 Å². The van der Waals surface area contributed by atoms with Crippen LogP contribution < -0.4 is 5.73 Å². The van der Waals surface area contributed by atoms with Crippen LogP contribution in [0.25, 0.3) is 0 Å². The van der Waals surface area contributed by atoms with Crippen molar-refractivity contribution in [1.29, 1.82) is 0 Å². The van der Waals surface area contributed by atoms with E-state index in [2.05, 4.69) is 22.5 Å². The van der Waals surface area contributed by atoms with Gasteiger partial charge in [-0.2, -0.15) is 0 Å². The van der Waals surface area contributed by atoms with Gasteiger partial charge in [0, 0.05) is 36.1 Å². The zero-order chi connectivity index (χ0) is 13.7. The van der Waals surface area contributed by atoms with Crippen LogP contribution in [0.15, 0.2) is 6.07 Å². The van der Waals surface area contributed by atoms with Gasteiger partial charge in [-0.3, -0.25) is 0 Å². The molecule has 2 N–H and O–H groups in total.